The molecule has 0 aliphatic carbocycles. The fraction of sp³-hybridized carbons (Fsp3) is 0.154. The topological polar surface area (TPSA) is 54.7 Å². The third-order valence-corrected chi connectivity index (χ3v) is 3.33. The Hall–Kier alpha value is -2.21. The molecule has 2 aromatic heterocycles. The number of amides is 1. The lowest BCUT2D eigenvalue weighted by Crippen LogP contribution is -2.36. The summed E-state index contributed by atoms with van der Waals surface area (Å²) in [5.41, 5.74) is -0.297. The normalized spacial score (nSPS) is 10.3. The van der Waals surface area contributed by atoms with Crippen LogP contribution in [-0.4, -0.2) is 33.3 Å². The molecule has 0 radical (unpaired) electrons. The van der Waals surface area contributed by atoms with Gasteiger partial charge in [-0.25, -0.2) is 4.98 Å². The van der Waals surface area contributed by atoms with Gasteiger partial charge in [0.05, 0.1) is 0 Å². The van der Waals surface area contributed by atoms with Crippen LogP contribution in [0.1, 0.15) is 10.4 Å². The van der Waals surface area contributed by atoms with E-state index in [1.54, 1.807) is 23.7 Å². The van der Waals surface area contributed by atoms with Crippen LogP contribution in [0.3, 0.4) is 0 Å². The maximum absolute atomic E-state index is 12.3. The van der Waals surface area contributed by atoms with E-state index in [1.165, 1.54) is 26.8 Å². The second-order valence-electron chi connectivity index (χ2n) is 3.82. The van der Waals surface area contributed by atoms with E-state index >= 15 is 0 Å². The van der Waals surface area contributed by atoms with E-state index in [4.69, 9.17) is 0 Å². The molecule has 0 spiro atoms. The smallest absolute Gasteiger partial charge is 0.271 e. The first-order valence-electron chi connectivity index (χ1n) is 5.65. The summed E-state index contributed by atoms with van der Waals surface area (Å²) < 4.78 is 1.37. The molecule has 5 nitrogen and oxygen atoms in total. The van der Waals surface area contributed by atoms with Crippen LogP contribution < -0.4 is 5.56 Å². The molecule has 0 atom stereocenters. The molecule has 0 unspecified atom stereocenters. The number of hydrogen-bond donors (Lipinski definition) is 0. The van der Waals surface area contributed by atoms with Gasteiger partial charge in [-0.3, -0.25) is 14.0 Å². The van der Waals surface area contributed by atoms with Crippen LogP contribution in [-0.2, 0) is 0 Å². The summed E-state index contributed by atoms with van der Waals surface area (Å²) in [7, 11) is 0. The van der Waals surface area contributed by atoms with Crippen molar-refractivity contribution in [3.63, 3.8) is 0 Å². The predicted octanol–water partition coefficient (Wildman–Crippen LogP) is 1.57. The number of carbonyl (C=O) groups is 1. The summed E-state index contributed by atoms with van der Waals surface area (Å²) in [6.07, 6.45) is 6.15. The summed E-state index contributed by atoms with van der Waals surface area (Å²) in [4.78, 5) is 30.6. The van der Waals surface area contributed by atoms with Crippen molar-refractivity contribution in [2.24, 2.45) is 0 Å². The quantitative estimate of drug-likeness (QED) is 0.778. The summed E-state index contributed by atoms with van der Waals surface area (Å²) in [5.74, 6) is -0.363. The second-order valence-corrected chi connectivity index (χ2v) is 4.69. The highest BCUT2D eigenvalue weighted by Crippen LogP contribution is 2.07. The third-order valence-electron chi connectivity index (χ3n) is 2.56. The first-order valence-corrected chi connectivity index (χ1v) is 6.53. The lowest BCUT2D eigenvalue weighted by atomic mass is 10.2. The van der Waals surface area contributed by atoms with E-state index in [9.17, 15) is 9.59 Å². The van der Waals surface area contributed by atoms with Crippen molar-refractivity contribution < 1.29 is 4.79 Å². The molecule has 2 rings (SSSR count). The molecule has 1 amide bonds. The Balaban J connectivity index is 2.44. The van der Waals surface area contributed by atoms with Gasteiger partial charge >= 0.3 is 0 Å². The van der Waals surface area contributed by atoms with Crippen molar-refractivity contribution in [3.05, 3.63) is 59.0 Å². The van der Waals surface area contributed by atoms with Gasteiger partial charge in [0.2, 0.25) is 0 Å². The molecule has 0 bridgehead atoms. The van der Waals surface area contributed by atoms with Crippen LogP contribution in [0.25, 0.3) is 4.96 Å². The Kier molecular flexibility index (Phi) is 3.91. The van der Waals surface area contributed by atoms with Crippen molar-refractivity contribution >= 4 is 22.2 Å². The van der Waals surface area contributed by atoms with Gasteiger partial charge in [0.25, 0.3) is 11.5 Å². The van der Waals surface area contributed by atoms with Gasteiger partial charge in [-0.05, 0) is 0 Å². The van der Waals surface area contributed by atoms with Crippen molar-refractivity contribution in [2.45, 2.75) is 0 Å². The standard InChI is InChI=1S/C13H13N3O2S/c1-3-5-15(6-4-2)11(17)10-9-14-13-16(12(10)18)7-8-19-13/h3-4,7-9H,1-2,5-6H2. The summed E-state index contributed by atoms with van der Waals surface area (Å²) >= 11 is 1.35. The SMILES string of the molecule is C=CCN(CC=C)C(=O)c1cnc2sccn2c1=O. The zero-order valence-corrected chi connectivity index (χ0v) is 11.1. The minimum atomic E-state index is -0.363. The van der Waals surface area contributed by atoms with Gasteiger partial charge in [-0.1, -0.05) is 12.2 Å². The van der Waals surface area contributed by atoms with Crippen LogP contribution in [0.2, 0.25) is 0 Å². The number of rotatable bonds is 5. The molecular formula is C13H13N3O2S. The van der Waals surface area contributed by atoms with E-state index in [-0.39, 0.29) is 17.0 Å². The van der Waals surface area contributed by atoms with Crippen LogP contribution in [0.4, 0.5) is 0 Å². The molecule has 2 heterocycles. The fourth-order valence-corrected chi connectivity index (χ4v) is 2.37. The maximum atomic E-state index is 12.3. The monoisotopic (exact) mass is 275 g/mol. The minimum absolute atomic E-state index is 0.0552. The molecule has 2 aromatic rings. The van der Waals surface area contributed by atoms with Crippen molar-refractivity contribution in [2.75, 3.05) is 13.1 Å². The van der Waals surface area contributed by atoms with Gasteiger partial charge in [0.1, 0.15) is 5.56 Å². The molecule has 98 valence electrons. The van der Waals surface area contributed by atoms with E-state index < -0.39 is 0 Å². The number of aromatic nitrogens is 2. The lowest BCUT2D eigenvalue weighted by Gasteiger charge is -2.18. The average molecular weight is 275 g/mol. The maximum Gasteiger partial charge on any atom is 0.271 e. The first kappa shape index (κ1) is 13.2. The predicted molar refractivity (Wildman–Crippen MR) is 75.6 cm³/mol. The van der Waals surface area contributed by atoms with Gasteiger partial charge in [0.15, 0.2) is 4.96 Å². The largest absolute Gasteiger partial charge is 0.331 e. The van der Waals surface area contributed by atoms with E-state index in [1.807, 2.05) is 0 Å². The molecule has 0 fully saturated rings. The Morgan fingerprint density at radius 2 is 2.11 bits per heavy atom. The molecule has 0 saturated heterocycles. The van der Waals surface area contributed by atoms with Crippen molar-refractivity contribution in [1.29, 1.82) is 0 Å². The highest BCUT2D eigenvalue weighted by atomic mass is 32.1. The lowest BCUT2D eigenvalue weighted by molar-refractivity contribution is 0.0788. The molecule has 0 aromatic carbocycles. The number of nitrogens with zero attached hydrogens (tertiary/aromatic N) is 3. The Morgan fingerprint density at radius 1 is 1.42 bits per heavy atom. The van der Waals surface area contributed by atoms with Crippen LogP contribution in [0, 0.1) is 0 Å². The Labute approximate surface area is 114 Å². The number of thiazole rings is 1. The average Bonchev–Trinajstić information content (AvgIpc) is 2.87. The number of fused-ring (bicyclic) bond motifs is 1. The van der Waals surface area contributed by atoms with Gasteiger partial charge in [-0.15, -0.1) is 24.5 Å². The van der Waals surface area contributed by atoms with E-state index in [0.29, 0.717) is 18.1 Å². The molecule has 0 aliphatic rings. The van der Waals surface area contributed by atoms with Gasteiger partial charge in [0, 0.05) is 30.9 Å². The first-order chi connectivity index (χ1) is 9.19. The molecule has 0 aliphatic heterocycles. The van der Waals surface area contributed by atoms with Crippen molar-refractivity contribution in [3.8, 4) is 0 Å². The molecule has 0 N–H and O–H groups in total. The highest BCUT2D eigenvalue weighted by Gasteiger charge is 2.18. The zero-order valence-electron chi connectivity index (χ0n) is 10.3. The van der Waals surface area contributed by atoms with Gasteiger partial charge < -0.3 is 4.90 Å². The zero-order chi connectivity index (χ0) is 13.8. The minimum Gasteiger partial charge on any atom is -0.331 e. The van der Waals surface area contributed by atoms with Crippen LogP contribution in [0.15, 0.2) is 47.9 Å². The summed E-state index contributed by atoms with van der Waals surface area (Å²) in [6, 6.07) is 0. The van der Waals surface area contributed by atoms with Crippen LogP contribution >= 0.6 is 11.3 Å². The molecule has 0 saturated carbocycles. The molecule has 19 heavy (non-hydrogen) atoms. The molecule has 6 heteroatoms. The van der Waals surface area contributed by atoms with E-state index in [0.717, 1.165) is 0 Å². The summed E-state index contributed by atoms with van der Waals surface area (Å²) in [5, 5.41) is 1.75. The van der Waals surface area contributed by atoms with Crippen molar-refractivity contribution in [1.82, 2.24) is 14.3 Å². The Morgan fingerprint density at radius 3 is 2.74 bits per heavy atom. The number of carbonyl (C=O) groups excluding carboxylic acids is 1. The number of hydrogen-bond acceptors (Lipinski definition) is 4. The van der Waals surface area contributed by atoms with E-state index in [2.05, 4.69) is 18.1 Å². The Bertz CT molecular complexity index is 676. The second kappa shape index (κ2) is 5.62. The third kappa shape index (κ3) is 2.48. The molecular weight excluding hydrogens is 262 g/mol. The van der Waals surface area contributed by atoms with Gasteiger partial charge in [-0.2, -0.15) is 0 Å². The summed E-state index contributed by atoms with van der Waals surface area (Å²) in [6.45, 7) is 7.91. The fourth-order valence-electron chi connectivity index (χ4n) is 1.69. The van der Waals surface area contributed by atoms with Crippen LogP contribution in [0.5, 0.6) is 0 Å². The highest BCUT2D eigenvalue weighted by molar-refractivity contribution is 7.15.